The molecule has 0 unspecified atom stereocenters. The van der Waals surface area contributed by atoms with Gasteiger partial charge in [-0.2, -0.15) is 0 Å². The largest absolute Gasteiger partial charge is 0.492 e. The summed E-state index contributed by atoms with van der Waals surface area (Å²) in [6.07, 6.45) is 2.94. The van der Waals surface area contributed by atoms with Gasteiger partial charge in [-0.05, 0) is 37.0 Å². The van der Waals surface area contributed by atoms with Crippen LogP contribution in [0.2, 0.25) is 0 Å². The fourth-order valence-corrected chi connectivity index (χ4v) is 4.14. The molecule has 114 valence electrons. The van der Waals surface area contributed by atoms with Crippen LogP contribution in [0.1, 0.15) is 19.3 Å². The third-order valence-corrected chi connectivity index (χ3v) is 5.33. The number of aliphatic carboxylic acids is 1. The third kappa shape index (κ3) is 2.94. The van der Waals surface area contributed by atoms with Gasteiger partial charge >= 0.3 is 5.97 Å². The van der Waals surface area contributed by atoms with Crippen molar-refractivity contribution in [1.82, 2.24) is 4.90 Å². The van der Waals surface area contributed by atoms with E-state index in [1.807, 2.05) is 24.3 Å². The molecule has 1 aromatic carbocycles. The van der Waals surface area contributed by atoms with Gasteiger partial charge in [-0.3, -0.25) is 9.69 Å². The van der Waals surface area contributed by atoms with Crippen LogP contribution in [0.4, 0.5) is 0 Å². The zero-order valence-corrected chi connectivity index (χ0v) is 13.5. The molecule has 0 spiro atoms. The molecule has 0 bridgehead atoms. The zero-order chi connectivity index (χ0) is 14.9. The molecule has 2 atom stereocenters. The number of benzene rings is 1. The predicted molar refractivity (Wildman–Crippen MR) is 83.5 cm³/mol. The Morgan fingerprint density at radius 3 is 3.10 bits per heavy atom. The van der Waals surface area contributed by atoms with Gasteiger partial charge in [-0.15, -0.1) is 0 Å². The van der Waals surface area contributed by atoms with E-state index in [-0.39, 0.29) is 0 Å². The Morgan fingerprint density at radius 1 is 1.52 bits per heavy atom. The second kappa shape index (κ2) is 5.97. The molecule has 3 rings (SSSR count). The molecule has 1 saturated heterocycles. The minimum absolute atomic E-state index is 0.320. The van der Waals surface area contributed by atoms with Gasteiger partial charge in [0.25, 0.3) is 0 Å². The molecule has 5 heteroatoms. The van der Waals surface area contributed by atoms with E-state index in [4.69, 9.17) is 4.74 Å². The quantitative estimate of drug-likeness (QED) is 0.883. The summed E-state index contributed by atoms with van der Waals surface area (Å²) in [7, 11) is 0. The molecule has 1 N–H and O–H groups in total. The van der Waals surface area contributed by atoms with Crippen molar-refractivity contribution in [2.24, 2.45) is 11.3 Å². The van der Waals surface area contributed by atoms with Crippen molar-refractivity contribution in [1.29, 1.82) is 0 Å². The summed E-state index contributed by atoms with van der Waals surface area (Å²) >= 11 is 3.42. The second-order valence-corrected chi connectivity index (χ2v) is 7.01. The number of carboxylic acids is 1. The minimum Gasteiger partial charge on any atom is -0.492 e. The van der Waals surface area contributed by atoms with Gasteiger partial charge in [-0.1, -0.05) is 28.4 Å². The second-order valence-electron chi connectivity index (χ2n) is 6.09. The number of carboxylic acid groups (broad SMARTS) is 1. The smallest absolute Gasteiger partial charge is 0.311 e. The van der Waals surface area contributed by atoms with Crippen molar-refractivity contribution in [3.05, 3.63) is 28.7 Å². The third-order valence-electron chi connectivity index (χ3n) is 4.84. The van der Waals surface area contributed by atoms with Gasteiger partial charge in [0.15, 0.2) is 0 Å². The van der Waals surface area contributed by atoms with Crippen molar-refractivity contribution in [2.45, 2.75) is 19.3 Å². The number of hydrogen-bond acceptors (Lipinski definition) is 3. The highest BCUT2D eigenvalue weighted by atomic mass is 79.9. The Hall–Kier alpha value is -1.07. The highest BCUT2D eigenvalue weighted by Gasteiger charge is 2.54. The van der Waals surface area contributed by atoms with Gasteiger partial charge in [0.1, 0.15) is 12.4 Å². The molecule has 1 saturated carbocycles. The van der Waals surface area contributed by atoms with Crippen LogP contribution in [0.5, 0.6) is 5.75 Å². The number of rotatable bonds is 5. The topological polar surface area (TPSA) is 49.8 Å². The summed E-state index contributed by atoms with van der Waals surface area (Å²) in [4.78, 5) is 13.9. The molecule has 4 nitrogen and oxygen atoms in total. The van der Waals surface area contributed by atoms with Gasteiger partial charge in [0, 0.05) is 24.1 Å². The maximum absolute atomic E-state index is 11.6. The molecule has 1 heterocycles. The van der Waals surface area contributed by atoms with E-state index in [0.29, 0.717) is 19.1 Å². The molecule has 0 aromatic heterocycles. The van der Waals surface area contributed by atoms with Crippen molar-refractivity contribution in [3.63, 3.8) is 0 Å². The van der Waals surface area contributed by atoms with Gasteiger partial charge in [-0.25, -0.2) is 0 Å². The number of carbonyl (C=O) groups is 1. The highest BCUT2D eigenvalue weighted by Crippen LogP contribution is 2.48. The Kier molecular flexibility index (Phi) is 4.22. The van der Waals surface area contributed by atoms with Crippen LogP contribution >= 0.6 is 15.9 Å². The van der Waals surface area contributed by atoms with Crippen LogP contribution in [-0.4, -0.2) is 42.2 Å². The van der Waals surface area contributed by atoms with Crippen molar-refractivity contribution in [3.8, 4) is 5.75 Å². The fourth-order valence-electron chi connectivity index (χ4n) is 3.76. The van der Waals surface area contributed by atoms with E-state index in [9.17, 15) is 9.90 Å². The van der Waals surface area contributed by atoms with E-state index in [1.165, 1.54) is 0 Å². The van der Waals surface area contributed by atoms with Crippen molar-refractivity contribution < 1.29 is 14.6 Å². The van der Waals surface area contributed by atoms with Crippen LogP contribution in [-0.2, 0) is 4.79 Å². The van der Waals surface area contributed by atoms with E-state index in [1.54, 1.807) is 0 Å². The highest BCUT2D eigenvalue weighted by molar-refractivity contribution is 9.10. The molecular weight excluding hydrogens is 334 g/mol. The Bertz CT molecular complexity index is 536. The average Bonchev–Trinajstić information content (AvgIpc) is 2.96. The first-order valence-corrected chi connectivity index (χ1v) is 8.23. The molecule has 2 aliphatic rings. The molecule has 1 aliphatic heterocycles. The monoisotopic (exact) mass is 353 g/mol. The predicted octanol–water partition coefficient (Wildman–Crippen LogP) is 3.01. The Morgan fingerprint density at radius 2 is 2.38 bits per heavy atom. The standard InChI is InChI=1S/C16H20BrNO3/c17-13-4-1-5-14(9-13)21-8-7-18-10-12-3-2-6-16(12,11-18)15(19)20/h1,4-5,9,12H,2-3,6-8,10-11H2,(H,19,20)/t12-,16+/m0/s1. The molecule has 0 radical (unpaired) electrons. The fraction of sp³-hybridized carbons (Fsp3) is 0.562. The molecule has 21 heavy (non-hydrogen) atoms. The lowest BCUT2D eigenvalue weighted by atomic mass is 9.81. The minimum atomic E-state index is -0.611. The van der Waals surface area contributed by atoms with Gasteiger partial charge in [0.2, 0.25) is 0 Å². The molecular formula is C16H20BrNO3. The number of fused-ring (bicyclic) bond motifs is 1. The zero-order valence-electron chi connectivity index (χ0n) is 11.9. The van der Waals surface area contributed by atoms with Crippen LogP contribution < -0.4 is 4.74 Å². The number of hydrogen-bond donors (Lipinski definition) is 1. The maximum Gasteiger partial charge on any atom is 0.311 e. The summed E-state index contributed by atoms with van der Waals surface area (Å²) in [6.45, 7) is 2.96. The lowest BCUT2D eigenvalue weighted by molar-refractivity contribution is -0.149. The summed E-state index contributed by atoms with van der Waals surface area (Å²) in [5.41, 5.74) is -0.490. The normalized spacial score (nSPS) is 28.5. The Labute approximate surface area is 133 Å². The molecule has 1 aromatic rings. The first-order valence-electron chi connectivity index (χ1n) is 7.44. The van der Waals surface area contributed by atoms with Crippen LogP contribution in [0.15, 0.2) is 28.7 Å². The van der Waals surface area contributed by atoms with Crippen LogP contribution in [0, 0.1) is 11.3 Å². The Balaban J connectivity index is 1.52. The SMILES string of the molecule is O=C(O)[C@@]12CCC[C@H]1CN(CCOc1cccc(Br)c1)C2. The molecule has 1 aliphatic carbocycles. The average molecular weight is 354 g/mol. The number of ether oxygens (including phenoxy) is 1. The van der Waals surface area contributed by atoms with Crippen molar-refractivity contribution >= 4 is 21.9 Å². The summed E-state index contributed by atoms with van der Waals surface area (Å²) in [5.74, 6) is 0.554. The van der Waals surface area contributed by atoms with E-state index in [2.05, 4.69) is 20.8 Å². The van der Waals surface area contributed by atoms with Crippen LogP contribution in [0.3, 0.4) is 0 Å². The number of nitrogens with zero attached hydrogens (tertiary/aromatic N) is 1. The van der Waals surface area contributed by atoms with Gasteiger partial charge < -0.3 is 9.84 Å². The first kappa shape index (κ1) is 14.9. The van der Waals surface area contributed by atoms with E-state index >= 15 is 0 Å². The maximum atomic E-state index is 11.6. The number of likely N-dealkylation sites (tertiary alicyclic amines) is 1. The summed E-state index contributed by atoms with van der Waals surface area (Å²) < 4.78 is 6.75. The van der Waals surface area contributed by atoms with Gasteiger partial charge in [0.05, 0.1) is 5.41 Å². The summed E-state index contributed by atoms with van der Waals surface area (Å²) in [5, 5.41) is 9.56. The number of halogens is 1. The van der Waals surface area contributed by atoms with Crippen molar-refractivity contribution in [2.75, 3.05) is 26.2 Å². The lowest BCUT2D eigenvalue weighted by Crippen LogP contribution is -2.36. The molecule has 0 amide bonds. The summed E-state index contributed by atoms with van der Waals surface area (Å²) in [6, 6.07) is 7.78. The lowest BCUT2D eigenvalue weighted by Gasteiger charge is -2.23. The van der Waals surface area contributed by atoms with Crippen LogP contribution in [0.25, 0.3) is 0 Å². The van der Waals surface area contributed by atoms with E-state index < -0.39 is 11.4 Å². The molecule has 2 fully saturated rings. The van der Waals surface area contributed by atoms with E-state index in [0.717, 1.165) is 42.6 Å². The first-order chi connectivity index (χ1) is 10.1.